The maximum atomic E-state index is 5.29. The molecular weight excluding hydrogens is 219 g/mol. The Morgan fingerprint density at radius 2 is 2.14 bits per heavy atom. The molecule has 0 aromatic heterocycles. The molecule has 0 aliphatic carbocycles. The molecule has 2 radical (unpaired) electrons. The van der Waals surface area contributed by atoms with Crippen LogP contribution in [0.4, 0.5) is 0 Å². The monoisotopic (exact) mass is 224 g/mol. The topological polar surface area (TPSA) is 0 Å². The van der Waals surface area contributed by atoms with Crippen LogP contribution in [0.3, 0.4) is 0 Å². The van der Waals surface area contributed by atoms with E-state index in [9.17, 15) is 0 Å². The van der Waals surface area contributed by atoms with Crippen molar-refractivity contribution in [1.82, 2.24) is 0 Å². The van der Waals surface area contributed by atoms with Gasteiger partial charge in [-0.25, -0.2) is 0 Å². The van der Waals surface area contributed by atoms with Gasteiger partial charge < -0.3 is 0 Å². The molecule has 0 aromatic rings. The third-order valence-corrected chi connectivity index (χ3v) is 1.97. The third-order valence-electron chi connectivity index (χ3n) is 0.678. The van der Waals surface area contributed by atoms with Gasteiger partial charge in [0.25, 0.3) is 0 Å². The van der Waals surface area contributed by atoms with Crippen LogP contribution in [0.25, 0.3) is 0 Å². The van der Waals surface area contributed by atoms with Crippen molar-refractivity contribution in [2.45, 2.75) is 17.6 Å². The van der Waals surface area contributed by atoms with Gasteiger partial charge in [0.15, 0.2) is 0 Å². The number of hydrogen-bond donors (Lipinski definition) is 0. The Balaban J connectivity index is 2.83. The van der Waals surface area contributed by atoms with E-state index in [0.29, 0.717) is 4.83 Å². The van der Waals surface area contributed by atoms with Gasteiger partial charge in [0.1, 0.15) is 0 Å². The zero-order valence-corrected chi connectivity index (χ0v) is 7.20. The normalized spacial score (nSPS) is 14.0. The zero-order chi connectivity index (χ0) is 5.70. The second-order valence-electron chi connectivity index (χ2n) is 1.31. The molecule has 0 fully saturated rings. The smallest absolute Gasteiger partial charge is 0.0668 e. The fourth-order valence-corrected chi connectivity index (χ4v) is 1.63. The molecule has 3 heteroatoms. The molecule has 0 amide bonds. The first-order valence-corrected chi connectivity index (χ1v) is 4.25. The van der Waals surface area contributed by atoms with Crippen LogP contribution in [0.5, 0.6) is 0 Å². The lowest BCUT2D eigenvalue weighted by Gasteiger charge is -1.99. The molecule has 0 nitrogen and oxygen atoms in total. The molecule has 1 unspecified atom stereocenters. The number of alkyl halides is 2. The van der Waals surface area contributed by atoms with Gasteiger partial charge >= 0.3 is 0 Å². The Morgan fingerprint density at radius 3 is 2.29 bits per heavy atom. The first-order valence-electron chi connectivity index (χ1n) is 2.21. The largest absolute Gasteiger partial charge is 0.0928 e. The molecule has 0 rings (SSSR count). The average Bonchev–Trinajstić information content (AvgIpc) is 1.68. The van der Waals surface area contributed by atoms with Crippen molar-refractivity contribution in [3.63, 3.8) is 0 Å². The molecule has 0 saturated heterocycles. The molecule has 0 N–H and O–H groups in total. The van der Waals surface area contributed by atoms with Crippen molar-refractivity contribution in [2.75, 3.05) is 5.33 Å². The molecular formula is C4H7BBr2. The fraction of sp³-hybridized carbons (Fsp3) is 1.00. The Morgan fingerprint density at radius 1 is 1.57 bits per heavy atom. The summed E-state index contributed by atoms with van der Waals surface area (Å²) in [5.74, 6) is 0. The van der Waals surface area contributed by atoms with E-state index in [1.807, 2.05) is 0 Å². The van der Waals surface area contributed by atoms with E-state index in [2.05, 4.69) is 31.9 Å². The van der Waals surface area contributed by atoms with E-state index in [0.717, 1.165) is 18.1 Å². The highest BCUT2D eigenvalue weighted by Crippen LogP contribution is 2.09. The second kappa shape index (κ2) is 5.17. The van der Waals surface area contributed by atoms with Crippen LogP contribution in [0.15, 0.2) is 0 Å². The minimum Gasteiger partial charge on any atom is -0.0928 e. The van der Waals surface area contributed by atoms with Gasteiger partial charge in [-0.1, -0.05) is 38.2 Å². The van der Waals surface area contributed by atoms with Crippen LogP contribution in [0.2, 0.25) is 6.32 Å². The highest BCUT2D eigenvalue weighted by Gasteiger charge is 1.95. The summed E-state index contributed by atoms with van der Waals surface area (Å²) in [5.41, 5.74) is 0. The van der Waals surface area contributed by atoms with Crippen LogP contribution in [-0.2, 0) is 0 Å². The predicted molar refractivity (Wildman–Crippen MR) is 41.7 cm³/mol. The van der Waals surface area contributed by atoms with Crippen molar-refractivity contribution in [3.05, 3.63) is 0 Å². The van der Waals surface area contributed by atoms with Crippen molar-refractivity contribution >= 4 is 39.7 Å². The minimum absolute atomic E-state index is 0.492. The summed E-state index contributed by atoms with van der Waals surface area (Å²) in [6.45, 7) is 0. The van der Waals surface area contributed by atoms with Crippen molar-refractivity contribution in [2.24, 2.45) is 0 Å². The van der Waals surface area contributed by atoms with Gasteiger partial charge in [-0.15, -0.1) is 0 Å². The number of rotatable bonds is 3. The summed E-state index contributed by atoms with van der Waals surface area (Å²) in [7, 11) is 5.29. The van der Waals surface area contributed by atoms with E-state index >= 15 is 0 Å². The minimum atomic E-state index is 0.492. The standard InChI is InChI=1S/C4H7BBr2/c5-3-4(7)1-2-6/h4H,1-3H2. The Labute approximate surface area is 62.7 Å². The summed E-state index contributed by atoms with van der Waals surface area (Å²) in [6, 6.07) is 0. The van der Waals surface area contributed by atoms with E-state index in [-0.39, 0.29) is 0 Å². The Kier molecular flexibility index (Phi) is 5.92. The highest BCUT2D eigenvalue weighted by molar-refractivity contribution is 9.10. The van der Waals surface area contributed by atoms with Crippen LogP contribution >= 0.6 is 31.9 Å². The van der Waals surface area contributed by atoms with Crippen LogP contribution in [0.1, 0.15) is 6.42 Å². The molecule has 40 valence electrons. The summed E-state index contributed by atoms with van der Waals surface area (Å²) in [4.78, 5) is 0.492. The molecule has 0 aliphatic heterocycles. The fourth-order valence-electron chi connectivity index (χ4n) is 0.236. The number of halogens is 2. The highest BCUT2D eigenvalue weighted by atomic mass is 79.9. The predicted octanol–water partition coefficient (Wildman–Crippen LogP) is 2.12. The maximum Gasteiger partial charge on any atom is 0.0668 e. The first-order chi connectivity index (χ1) is 3.31. The zero-order valence-electron chi connectivity index (χ0n) is 4.03. The molecule has 0 aromatic carbocycles. The van der Waals surface area contributed by atoms with Crippen molar-refractivity contribution in [1.29, 1.82) is 0 Å². The molecule has 0 aliphatic rings. The maximum absolute atomic E-state index is 5.29. The van der Waals surface area contributed by atoms with E-state index in [4.69, 9.17) is 7.85 Å². The molecule has 0 saturated carbocycles. The summed E-state index contributed by atoms with van der Waals surface area (Å²) in [6.07, 6.45) is 1.84. The van der Waals surface area contributed by atoms with Gasteiger partial charge in [-0.2, -0.15) is 0 Å². The second-order valence-corrected chi connectivity index (χ2v) is 3.40. The molecule has 0 heterocycles. The average molecular weight is 226 g/mol. The lowest BCUT2D eigenvalue weighted by atomic mass is 10.0. The van der Waals surface area contributed by atoms with E-state index in [1.165, 1.54) is 0 Å². The molecule has 1 atom stereocenters. The first kappa shape index (κ1) is 8.02. The van der Waals surface area contributed by atoms with Gasteiger partial charge in [0, 0.05) is 10.2 Å². The quantitative estimate of drug-likeness (QED) is 0.510. The SMILES string of the molecule is [B]CC(Br)CCBr. The van der Waals surface area contributed by atoms with Crippen LogP contribution in [-0.4, -0.2) is 18.0 Å². The van der Waals surface area contributed by atoms with Crippen molar-refractivity contribution < 1.29 is 0 Å². The van der Waals surface area contributed by atoms with Crippen LogP contribution < -0.4 is 0 Å². The van der Waals surface area contributed by atoms with E-state index < -0.39 is 0 Å². The van der Waals surface area contributed by atoms with Crippen LogP contribution in [0, 0.1) is 0 Å². The third kappa shape index (κ3) is 4.89. The Bertz CT molecular complexity index is 40.7. The lowest BCUT2D eigenvalue weighted by Crippen LogP contribution is -1.95. The summed E-state index contributed by atoms with van der Waals surface area (Å²) in [5, 5.41) is 1.03. The van der Waals surface area contributed by atoms with Crippen molar-refractivity contribution in [3.8, 4) is 0 Å². The molecule has 0 bridgehead atoms. The molecule has 0 spiro atoms. The van der Waals surface area contributed by atoms with Gasteiger partial charge in [0.2, 0.25) is 0 Å². The summed E-state index contributed by atoms with van der Waals surface area (Å²) < 4.78 is 0. The Hall–Kier alpha value is 1.02. The van der Waals surface area contributed by atoms with E-state index in [1.54, 1.807) is 0 Å². The van der Waals surface area contributed by atoms with Gasteiger partial charge in [-0.05, 0) is 6.42 Å². The van der Waals surface area contributed by atoms with Gasteiger partial charge in [0.05, 0.1) is 7.85 Å². The lowest BCUT2D eigenvalue weighted by molar-refractivity contribution is 0.937. The summed E-state index contributed by atoms with van der Waals surface area (Å²) >= 11 is 6.69. The number of hydrogen-bond acceptors (Lipinski definition) is 0. The van der Waals surface area contributed by atoms with Gasteiger partial charge in [-0.3, -0.25) is 0 Å². The molecule has 7 heavy (non-hydrogen) atoms.